The zero-order valence-electron chi connectivity index (χ0n) is 11.5. The molecule has 0 radical (unpaired) electrons. The van der Waals surface area contributed by atoms with Crippen molar-refractivity contribution < 1.29 is 13.9 Å². The maximum atomic E-state index is 12.1. The number of oxazole rings is 1. The summed E-state index contributed by atoms with van der Waals surface area (Å²) in [7, 11) is 1.60. The van der Waals surface area contributed by atoms with E-state index in [0.29, 0.717) is 16.8 Å². The van der Waals surface area contributed by atoms with Gasteiger partial charge in [-0.15, -0.1) is 0 Å². The molecule has 1 amide bonds. The number of amides is 1. The molecule has 3 aromatic rings. The van der Waals surface area contributed by atoms with Gasteiger partial charge in [-0.3, -0.25) is 4.79 Å². The Morgan fingerprint density at radius 2 is 2.19 bits per heavy atom. The summed E-state index contributed by atoms with van der Waals surface area (Å²) in [6, 6.07) is 12.8. The maximum Gasteiger partial charge on any atom is 0.228 e. The summed E-state index contributed by atoms with van der Waals surface area (Å²) in [4.78, 5) is 16.1. The van der Waals surface area contributed by atoms with E-state index in [1.54, 1.807) is 25.3 Å². The molecule has 1 aromatic heterocycles. The van der Waals surface area contributed by atoms with Crippen molar-refractivity contribution in [2.24, 2.45) is 0 Å². The number of anilines is 1. The number of methoxy groups -OCH3 is 1. The third kappa shape index (κ3) is 3.02. The quantitative estimate of drug-likeness (QED) is 0.799. The first kappa shape index (κ1) is 13.2. The zero-order valence-corrected chi connectivity index (χ0v) is 11.5. The van der Waals surface area contributed by atoms with Crippen LogP contribution in [0.15, 0.2) is 53.3 Å². The van der Waals surface area contributed by atoms with E-state index in [1.807, 2.05) is 24.3 Å². The topological polar surface area (TPSA) is 64.4 Å². The molecule has 2 aromatic carbocycles. The predicted molar refractivity (Wildman–Crippen MR) is 79.3 cm³/mol. The summed E-state index contributed by atoms with van der Waals surface area (Å²) in [6.07, 6.45) is 1.67. The smallest absolute Gasteiger partial charge is 0.228 e. The van der Waals surface area contributed by atoms with Crippen molar-refractivity contribution in [1.82, 2.24) is 4.98 Å². The minimum Gasteiger partial charge on any atom is -0.497 e. The van der Waals surface area contributed by atoms with E-state index in [4.69, 9.17) is 9.15 Å². The monoisotopic (exact) mass is 282 g/mol. The van der Waals surface area contributed by atoms with E-state index in [2.05, 4.69) is 10.3 Å². The number of ether oxygens (including phenoxy) is 1. The lowest BCUT2D eigenvalue weighted by atomic mass is 10.1. The number of rotatable bonds is 4. The molecule has 0 unspecified atom stereocenters. The molecule has 0 atom stereocenters. The molecular weight excluding hydrogens is 268 g/mol. The fourth-order valence-electron chi connectivity index (χ4n) is 2.11. The Kier molecular flexibility index (Phi) is 3.55. The van der Waals surface area contributed by atoms with Crippen molar-refractivity contribution >= 4 is 22.7 Å². The van der Waals surface area contributed by atoms with Crippen molar-refractivity contribution in [3.8, 4) is 5.75 Å². The fourth-order valence-corrected chi connectivity index (χ4v) is 2.11. The Morgan fingerprint density at radius 3 is 3.05 bits per heavy atom. The summed E-state index contributed by atoms with van der Waals surface area (Å²) in [5.74, 6) is 0.649. The molecule has 0 aliphatic heterocycles. The van der Waals surface area contributed by atoms with Gasteiger partial charge in [-0.1, -0.05) is 12.1 Å². The summed E-state index contributed by atoms with van der Waals surface area (Å²) in [6.45, 7) is 0. The van der Waals surface area contributed by atoms with Crippen LogP contribution in [0.2, 0.25) is 0 Å². The number of hydrogen-bond acceptors (Lipinski definition) is 4. The van der Waals surface area contributed by atoms with Crippen LogP contribution in [0.4, 0.5) is 5.69 Å². The largest absolute Gasteiger partial charge is 0.497 e. The molecule has 0 aliphatic carbocycles. The average molecular weight is 282 g/mol. The van der Waals surface area contributed by atoms with Gasteiger partial charge in [0, 0.05) is 5.69 Å². The number of benzene rings is 2. The second kappa shape index (κ2) is 5.66. The lowest BCUT2D eigenvalue weighted by Gasteiger charge is -2.06. The summed E-state index contributed by atoms with van der Waals surface area (Å²) in [5.41, 5.74) is 3.01. The van der Waals surface area contributed by atoms with Crippen molar-refractivity contribution in [3.63, 3.8) is 0 Å². The van der Waals surface area contributed by atoms with Crippen LogP contribution >= 0.6 is 0 Å². The highest BCUT2D eigenvalue weighted by molar-refractivity contribution is 5.94. The molecular formula is C16H14N2O3. The number of nitrogens with zero attached hydrogens (tertiary/aromatic N) is 1. The number of carbonyl (C=O) groups excluding carboxylic acids is 1. The van der Waals surface area contributed by atoms with E-state index in [1.165, 1.54) is 6.39 Å². The molecule has 106 valence electrons. The van der Waals surface area contributed by atoms with Gasteiger partial charge in [0.15, 0.2) is 12.0 Å². The number of carbonyl (C=O) groups is 1. The molecule has 0 spiro atoms. The number of aromatic nitrogens is 1. The molecule has 0 bridgehead atoms. The van der Waals surface area contributed by atoms with Gasteiger partial charge < -0.3 is 14.5 Å². The van der Waals surface area contributed by atoms with Crippen molar-refractivity contribution in [3.05, 3.63) is 54.4 Å². The molecule has 5 heteroatoms. The van der Waals surface area contributed by atoms with E-state index < -0.39 is 0 Å². The third-order valence-corrected chi connectivity index (χ3v) is 3.11. The molecule has 1 N–H and O–H groups in total. The van der Waals surface area contributed by atoms with Crippen molar-refractivity contribution in [1.29, 1.82) is 0 Å². The van der Waals surface area contributed by atoms with Crippen molar-refractivity contribution in [2.45, 2.75) is 6.42 Å². The maximum absolute atomic E-state index is 12.1. The lowest BCUT2D eigenvalue weighted by Crippen LogP contribution is -2.14. The van der Waals surface area contributed by atoms with Crippen LogP contribution < -0.4 is 10.1 Å². The Hall–Kier alpha value is -2.82. The van der Waals surface area contributed by atoms with Crippen molar-refractivity contribution in [2.75, 3.05) is 12.4 Å². The Labute approximate surface area is 121 Å². The minimum absolute atomic E-state index is 0.0916. The second-order valence-corrected chi connectivity index (χ2v) is 4.61. The van der Waals surface area contributed by atoms with Gasteiger partial charge in [0.2, 0.25) is 5.91 Å². The summed E-state index contributed by atoms with van der Waals surface area (Å²) >= 11 is 0. The number of hydrogen-bond donors (Lipinski definition) is 1. The summed E-state index contributed by atoms with van der Waals surface area (Å²) in [5, 5.41) is 2.85. The minimum atomic E-state index is -0.0916. The Morgan fingerprint density at radius 1 is 1.29 bits per heavy atom. The van der Waals surface area contributed by atoms with Crippen LogP contribution in [-0.2, 0) is 11.2 Å². The third-order valence-electron chi connectivity index (χ3n) is 3.11. The van der Waals surface area contributed by atoms with E-state index >= 15 is 0 Å². The molecule has 0 saturated carbocycles. The van der Waals surface area contributed by atoms with Gasteiger partial charge in [0.05, 0.1) is 13.5 Å². The van der Waals surface area contributed by atoms with Crippen LogP contribution in [0.3, 0.4) is 0 Å². The lowest BCUT2D eigenvalue weighted by molar-refractivity contribution is -0.115. The number of nitrogens with one attached hydrogen (secondary N) is 1. The SMILES string of the molecule is COc1cccc(CC(=O)Nc2ccc3ocnc3c2)c1. The highest BCUT2D eigenvalue weighted by atomic mass is 16.5. The molecule has 1 heterocycles. The van der Waals surface area contributed by atoms with E-state index in [9.17, 15) is 4.79 Å². The van der Waals surface area contributed by atoms with Gasteiger partial charge >= 0.3 is 0 Å². The van der Waals surface area contributed by atoms with Gasteiger partial charge in [-0.25, -0.2) is 4.98 Å². The molecule has 0 aliphatic rings. The molecule has 5 nitrogen and oxygen atoms in total. The van der Waals surface area contributed by atoms with Gasteiger partial charge in [0.1, 0.15) is 11.3 Å². The number of fused-ring (bicyclic) bond motifs is 1. The molecule has 0 saturated heterocycles. The Bertz CT molecular complexity index is 780. The second-order valence-electron chi connectivity index (χ2n) is 4.61. The molecule has 21 heavy (non-hydrogen) atoms. The van der Waals surface area contributed by atoms with Crippen LogP contribution in [0, 0.1) is 0 Å². The van der Waals surface area contributed by atoms with Crippen LogP contribution in [-0.4, -0.2) is 18.0 Å². The summed E-state index contributed by atoms with van der Waals surface area (Å²) < 4.78 is 10.3. The molecule has 0 fully saturated rings. The first-order valence-electron chi connectivity index (χ1n) is 6.50. The predicted octanol–water partition coefficient (Wildman–Crippen LogP) is 3.02. The Balaban J connectivity index is 1.70. The molecule has 3 rings (SSSR count). The van der Waals surface area contributed by atoms with Gasteiger partial charge in [-0.2, -0.15) is 0 Å². The van der Waals surface area contributed by atoms with Crippen LogP contribution in [0.5, 0.6) is 5.75 Å². The van der Waals surface area contributed by atoms with Crippen LogP contribution in [0.1, 0.15) is 5.56 Å². The van der Waals surface area contributed by atoms with Crippen LogP contribution in [0.25, 0.3) is 11.1 Å². The first-order chi connectivity index (χ1) is 10.2. The van der Waals surface area contributed by atoms with E-state index in [0.717, 1.165) is 11.3 Å². The zero-order chi connectivity index (χ0) is 14.7. The average Bonchev–Trinajstić information content (AvgIpc) is 2.95. The van der Waals surface area contributed by atoms with Gasteiger partial charge in [0.25, 0.3) is 0 Å². The highest BCUT2D eigenvalue weighted by Crippen LogP contribution is 2.18. The highest BCUT2D eigenvalue weighted by Gasteiger charge is 2.07. The van der Waals surface area contributed by atoms with E-state index in [-0.39, 0.29) is 12.3 Å². The van der Waals surface area contributed by atoms with Gasteiger partial charge in [-0.05, 0) is 35.9 Å². The standard InChI is InChI=1S/C16H14N2O3/c1-20-13-4-2-3-11(7-13)8-16(19)18-12-5-6-15-14(9-12)17-10-21-15/h2-7,9-10H,8H2,1H3,(H,18,19). The fraction of sp³-hybridized carbons (Fsp3) is 0.125. The first-order valence-corrected chi connectivity index (χ1v) is 6.50. The normalized spacial score (nSPS) is 10.5.